The van der Waals surface area contributed by atoms with Gasteiger partial charge in [0, 0.05) is 18.8 Å². The van der Waals surface area contributed by atoms with E-state index in [9.17, 15) is 14.4 Å². The lowest BCUT2D eigenvalue weighted by molar-refractivity contribution is -0.143. The minimum atomic E-state index is -0.491. The molecule has 124 valence electrons. The molecule has 0 bridgehead atoms. The number of nitrogens with one attached hydrogen (secondary N) is 1. The highest BCUT2D eigenvalue weighted by Gasteiger charge is 2.30. The smallest absolute Gasteiger partial charge is 0.325 e. The van der Waals surface area contributed by atoms with Crippen molar-refractivity contribution in [1.82, 2.24) is 10.2 Å². The number of carbonyl (C=O) groups excluding carboxylic acids is 3. The highest BCUT2D eigenvalue weighted by Crippen LogP contribution is 2.20. The van der Waals surface area contributed by atoms with Crippen LogP contribution in [-0.2, 0) is 14.3 Å². The van der Waals surface area contributed by atoms with E-state index in [1.54, 1.807) is 11.8 Å². The first kappa shape index (κ1) is 16.8. The summed E-state index contributed by atoms with van der Waals surface area (Å²) in [6, 6.07) is 7.45. The van der Waals surface area contributed by atoms with Crippen LogP contribution in [-0.4, -0.2) is 55.6 Å². The summed E-state index contributed by atoms with van der Waals surface area (Å²) in [5, 5.41) is 2.45. The van der Waals surface area contributed by atoms with Crippen molar-refractivity contribution in [3.63, 3.8) is 0 Å². The third-order valence-electron chi connectivity index (χ3n) is 3.51. The molecule has 1 aliphatic heterocycles. The van der Waals surface area contributed by atoms with Crippen LogP contribution < -0.4 is 10.2 Å². The maximum Gasteiger partial charge on any atom is 0.325 e. The van der Waals surface area contributed by atoms with Crippen molar-refractivity contribution in [3.8, 4) is 0 Å². The lowest BCUT2D eigenvalue weighted by atomic mass is 10.2. The van der Waals surface area contributed by atoms with Gasteiger partial charge in [0.15, 0.2) is 0 Å². The maximum atomic E-state index is 12.3. The second kappa shape index (κ2) is 7.62. The quantitative estimate of drug-likeness (QED) is 0.791. The molecule has 2 rings (SSSR count). The second-order valence-electron chi connectivity index (χ2n) is 5.27. The average molecular weight is 319 g/mol. The van der Waals surface area contributed by atoms with Gasteiger partial charge in [0.1, 0.15) is 13.1 Å². The lowest BCUT2D eigenvalue weighted by Gasteiger charge is -2.18. The van der Waals surface area contributed by atoms with E-state index in [-0.39, 0.29) is 31.6 Å². The first-order valence-corrected chi connectivity index (χ1v) is 7.56. The Balaban J connectivity index is 1.85. The molecule has 1 saturated heterocycles. The summed E-state index contributed by atoms with van der Waals surface area (Å²) >= 11 is 0. The van der Waals surface area contributed by atoms with Gasteiger partial charge in [0.05, 0.1) is 6.61 Å². The number of carbonyl (C=O) groups is 3. The van der Waals surface area contributed by atoms with Gasteiger partial charge in [0.25, 0.3) is 0 Å². The van der Waals surface area contributed by atoms with Gasteiger partial charge in [-0.05, 0) is 26.0 Å². The van der Waals surface area contributed by atoms with Crippen molar-refractivity contribution in [2.75, 3.05) is 37.7 Å². The summed E-state index contributed by atoms with van der Waals surface area (Å²) in [6.45, 7) is 4.70. The van der Waals surface area contributed by atoms with E-state index in [4.69, 9.17) is 4.74 Å². The zero-order valence-electron chi connectivity index (χ0n) is 13.4. The Morgan fingerprint density at radius 2 is 1.91 bits per heavy atom. The van der Waals surface area contributed by atoms with E-state index in [0.29, 0.717) is 13.1 Å². The highest BCUT2D eigenvalue weighted by molar-refractivity contribution is 5.96. The van der Waals surface area contributed by atoms with Crippen LogP contribution in [0.15, 0.2) is 24.3 Å². The number of anilines is 1. The molecule has 1 heterocycles. The number of hydrogen-bond donors (Lipinski definition) is 1. The van der Waals surface area contributed by atoms with Gasteiger partial charge in [0.2, 0.25) is 5.91 Å². The predicted molar refractivity (Wildman–Crippen MR) is 85.1 cm³/mol. The molecule has 0 radical (unpaired) electrons. The number of esters is 1. The second-order valence-corrected chi connectivity index (χ2v) is 5.27. The molecule has 3 amide bonds. The van der Waals surface area contributed by atoms with Gasteiger partial charge >= 0.3 is 12.0 Å². The maximum absolute atomic E-state index is 12.3. The number of amides is 3. The summed E-state index contributed by atoms with van der Waals surface area (Å²) in [5.41, 5.74) is 1.94. The predicted octanol–water partition coefficient (Wildman–Crippen LogP) is 0.916. The van der Waals surface area contributed by atoms with Gasteiger partial charge in [-0.25, -0.2) is 4.79 Å². The molecule has 0 spiro atoms. The zero-order chi connectivity index (χ0) is 16.8. The molecule has 0 saturated carbocycles. The summed E-state index contributed by atoms with van der Waals surface area (Å²) in [5.74, 6) is -0.868. The molecular formula is C16H21N3O4. The third-order valence-corrected chi connectivity index (χ3v) is 3.51. The highest BCUT2D eigenvalue weighted by atomic mass is 16.5. The summed E-state index contributed by atoms with van der Waals surface area (Å²) in [6.07, 6.45) is 0. The monoisotopic (exact) mass is 319 g/mol. The number of nitrogens with zero attached hydrogens (tertiary/aromatic N) is 2. The molecule has 7 nitrogen and oxygen atoms in total. The Bertz CT molecular complexity index is 585. The van der Waals surface area contributed by atoms with Crippen molar-refractivity contribution in [2.45, 2.75) is 13.8 Å². The SMILES string of the molecule is CCOC(=O)CNC(=O)CN1CCN(c2ccc(C)cc2)C1=O. The van der Waals surface area contributed by atoms with E-state index in [1.807, 2.05) is 31.2 Å². The van der Waals surface area contributed by atoms with Crippen LogP contribution in [0.1, 0.15) is 12.5 Å². The number of urea groups is 1. The number of ether oxygens (including phenoxy) is 1. The van der Waals surface area contributed by atoms with Gasteiger partial charge in [-0.3, -0.25) is 14.5 Å². The number of aryl methyl sites for hydroxylation is 1. The van der Waals surface area contributed by atoms with Crippen molar-refractivity contribution < 1.29 is 19.1 Å². The van der Waals surface area contributed by atoms with E-state index in [2.05, 4.69) is 5.32 Å². The topological polar surface area (TPSA) is 79.0 Å². The third kappa shape index (κ3) is 4.45. The largest absolute Gasteiger partial charge is 0.465 e. The van der Waals surface area contributed by atoms with Crippen molar-refractivity contribution in [3.05, 3.63) is 29.8 Å². The number of benzene rings is 1. The molecule has 0 aromatic heterocycles. The Morgan fingerprint density at radius 3 is 2.57 bits per heavy atom. The Hall–Kier alpha value is -2.57. The van der Waals surface area contributed by atoms with Crippen molar-refractivity contribution in [1.29, 1.82) is 0 Å². The van der Waals surface area contributed by atoms with Gasteiger partial charge in [-0.2, -0.15) is 0 Å². The molecule has 0 unspecified atom stereocenters. The minimum absolute atomic E-state index is 0.0688. The van der Waals surface area contributed by atoms with Gasteiger partial charge < -0.3 is 15.0 Å². The molecule has 1 fully saturated rings. The Labute approximate surface area is 135 Å². The van der Waals surface area contributed by atoms with E-state index in [1.165, 1.54) is 4.90 Å². The normalized spacial score (nSPS) is 14.1. The summed E-state index contributed by atoms with van der Waals surface area (Å²) in [4.78, 5) is 38.4. The molecule has 0 aliphatic carbocycles. The van der Waals surface area contributed by atoms with Crippen LogP contribution in [0.5, 0.6) is 0 Å². The summed E-state index contributed by atoms with van der Waals surface area (Å²) < 4.78 is 4.73. The van der Waals surface area contributed by atoms with Crippen LogP contribution in [0, 0.1) is 6.92 Å². The first-order valence-electron chi connectivity index (χ1n) is 7.56. The van der Waals surface area contributed by atoms with E-state index in [0.717, 1.165) is 11.3 Å². The van der Waals surface area contributed by atoms with Crippen LogP contribution >= 0.6 is 0 Å². The molecular weight excluding hydrogens is 298 g/mol. The average Bonchev–Trinajstić information content (AvgIpc) is 2.88. The molecule has 23 heavy (non-hydrogen) atoms. The van der Waals surface area contributed by atoms with Crippen molar-refractivity contribution in [2.24, 2.45) is 0 Å². The van der Waals surface area contributed by atoms with Crippen LogP contribution in [0.3, 0.4) is 0 Å². The standard InChI is InChI=1S/C16H21N3O4/c1-3-23-15(21)10-17-14(20)11-18-8-9-19(16(18)22)13-6-4-12(2)5-7-13/h4-7H,3,8-11H2,1-2H3,(H,17,20). The molecule has 1 aromatic rings. The van der Waals surface area contributed by atoms with Crippen LogP contribution in [0.2, 0.25) is 0 Å². The number of hydrogen-bond acceptors (Lipinski definition) is 4. The van der Waals surface area contributed by atoms with E-state index >= 15 is 0 Å². The Morgan fingerprint density at radius 1 is 1.22 bits per heavy atom. The van der Waals surface area contributed by atoms with Gasteiger partial charge in [-0.1, -0.05) is 17.7 Å². The minimum Gasteiger partial charge on any atom is -0.465 e. The van der Waals surface area contributed by atoms with Crippen molar-refractivity contribution >= 4 is 23.6 Å². The first-order chi connectivity index (χ1) is 11.0. The summed E-state index contributed by atoms with van der Waals surface area (Å²) in [7, 11) is 0. The fourth-order valence-corrected chi connectivity index (χ4v) is 2.31. The molecule has 7 heteroatoms. The molecule has 1 aliphatic rings. The lowest BCUT2D eigenvalue weighted by Crippen LogP contribution is -2.41. The van der Waals surface area contributed by atoms with Crippen LogP contribution in [0.4, 0.5) is 10.5 Å². The van der Waals surface area contributed by atoms with E-state index < -0.39 is 5.97 Å². The fraction of sp³-hybridized carbons (Fsp3) is 0.438. The molecule has 0 atom stereocenters. The fourth-order valence-electron chi connectivity index (χ4n) is 2.31. The molecule has 1 N–H and O–H groups in total. The van der Waals surface area contributed by atoms with Gasteiger partial charge in [-0.15, -0.1) is 0 Å². The van der Waals surface area contributed by atoms with Crippen LogP contribution in [0.25, 0.3) is 0 Å². The Kier molecular flexibility index (Phi) is 5.56. The number of rotatable bonds is 6. The zero-order valence-corrected chi connectivity index (χ0v) is 13.4. The molecule has 1 aromatic carbocycles.